The van der Waals surface area contributed by atoms with Crippen molar-refractivity contribution in [2.45, 2.75) is 43.1 Å². The van der Waals surface area contributed by atoms with Gasteiger partial charge in [0.25, 0.3) is 0 Å². The summed E-state index contributed by atoms with van der Waals surface area (Å²) in [6, 6.07) is 1.49. The zero-order valence-corrected chi connectivity index (χ0v) is 13.9. The van der Waals surface area contributed by atoms with Crippen molar-refractivity contribution in [2.75, 3.05) is 6.26 Å². The molecular weight excluding hydrogens is 340 g/mol. The first-order valence-corrected chi connectivity index (χ1v) is 9.51. The summed E-state index contributed by atoms with van der Waals surface area (Å²) >= 11 is 0. The lowest BCUT2D eigenvalue weighted by molar-refractivity contribution is 0.228. The minimum Gasteiger partial charge on any atom is -0.388 e. The van der Waals surface area contributed by atoms with Crippen molar-refractivity contribution in [3.63, 3.8) is 0 Å². The van der Waals surface area contributed by atoms with E-state index in [1.807, 2.05) is 0 Å². The third kappa shape index (κ3) is 2.95. The van der Waals surface area contributed by atoms with Crippen LogP contribution in [0.15, 0.2) is 21.6 Å². The van der Waals surface area contributed by atoms with Gasteiger partial charge in [0.05, 0.1) is 11.3 Å². The van der Waals surface area contributed by atoms with Crippen LogP contribution in [0.4, 0.5) is 8.78 Å². The van der Waals surface area contributed by atoms with Crippen molar-refractivity contribution < 1.29 is 26.8 Å². The van der Waals surface area contributed by atoms with Crippen LogP contribution in [-0.2, 0) is 16.4 Å². The summed E-state index contributed by atoms with van der Waals surface area (Å²) in [6.07, 6.45) is 4.55. The van der Waals surface area contributed by atoms with Crippen LogP contribution in [0.25, 0.3) is 11.1 Å². The fourth-order valence-corrected chi connectivity index (χ4v) is 3.95. The first-order valence-electron chi connectivity index (χ1n) is 7.61. The molecule has 2 aromatic rings. The molecule has 3 rings (SSSR count). The topological polar surface area (TPSA) is 80.4 Å². The van der Waals surface area contributed by atoms with Crippen LogP contribution in [0.2, 0.25) is 0 Å². The van der Waals surface area contributed by atoms with Crippen LogP contribution in [-0.4, -0.2) is 24.9 Å². The van der Waals surface area contributed by atoms with Gasteiger partial charge in [0.2, 0.25) is 0 Å². The van der Waals surface area contributed by atoms with Crippen molar-refractivity contribution in [3.8, 4) is 11.1 Å². The summed E-state index contributed by atoms with van der Waals surface area (Å²) in [5.41, 5.74) is 0.565. The summed E-state index contributed by atoms with van der Waals surface area (Å²) < 4.78 is 56.9. The molecule has 1 aliphatic carbocycles. The maximum Gasteiger partial charge on any atom is 0.178 e. The fourth-order valence-electron chi connectivity index (χ4n) is 3.22. The maximum atomic E-state index is 14.5. The lowest BCUT2D eigenvalue weighted by Gasteiger charge is -2.11. The third-order valence-corrected chi connectivity index (χ3v) is 5.48. The van der Waals surface area contributed by atoms with Crippen LogP contribution in [0.3, 0.4) is 0 Å². The molecular formula is C16H17F2NO4S. The SMILES string of the molecule is CS(=O)(=O)c1cc(F)c(-c2c(C3CCCC3)noc2CO)cc1F. The number of hydrogen-bond acceptors (Lipinski definition) is 5. The molecule has 1 aromatic carbocycles. The molecule has 1 saturated carbocycles. The van der Waals surface area contributed by atoms with Gasteiger partial charge in [-0.15, -0.1) is 0 Å². The quantitative estimate of drug-likeness (QED) is 0.909. The van der Waals surface area contributed by atoms with Crippen LogP contribution in [0, 0.1) is 11.6 Å². The second-order valence-corrected chi connectivity index (χ2v) is 8.02. The summed E-state index contributed by atoms with van der Waals surface area (Å²) in [4.78, 5) is -0.701. The van der Waals surface area contributed by atoms with E-state index >= 15 is 0 Å². The number of benzene rings is 1. The van der Waals surface area contributed by atoms with Crippen LogP contribution in [0.1, 0.15) is 43.1 Å². The monoisotopic (exact) mass is 357 g/mol. The molecule has 8 heteroatoms. The Morgan fingerprint density at radius 3 is 2.50 bits per heavy atom. The maximum absolute atomic E-state index is 14.5. The van der Waals surface area contributed by atoms with Crippen LogP contribution < -0.4 is 0 Å². The molecule has 0 bridgehead atoms. The standard InChI is InChI=1S/C16H17F2NO4S/c1-24(21,22)14-7-11(17)10(6-12(14)18)15-13(8-20)23-19-16(15)9-4-2-3-5-9/h6-7,9,20H,2-5,8H2,1H3. The minimum absolute atomic E-state index is 0.0438. The molecule has 5 nitrogen and oxygen atoms in total. The lowest BCUT2D eigenvalue weighted by Crippen LogP contribution is -2.04. The molecule has 0 aliphatic heterocycles. The molecule has 0 unspecified atom stereocenters. The summed E-state index contributed by atoms with van der Waals surface area (Å²) in [7, 11) is -3.89. The molecule has 0 spiro atoms. The Balaban J connectivity index is 2.19. The number of sulfone groups is 1. The van der Waals surface area contributed by atoms with E-state index in [9.17, 15) is 22.3 Å². The Labute approximate surface area is 138 Å². The van der Waals surface area contributed by atoms with Gasteiger partial charge in [-0.1, -0.05) is 18.0 Å². The first kappa shape index (κ1) is 17.0. The van der Waals surface area contributed by atoms with E-state index in [2.05, 4.69) is 5.16 Å². The van der Waals surface area contributed by atoms with Gasteiger partial charge in [-0.2, -0.15) is 0 Å². The van der Waals surface area contributed by atoms with Crippen molar-refractivity contribution in [2.24, 2.45) is 0 Å². The predicted octanol–water partition coefficient (Wildman–Crippen LogP) is 3.17. The van der Waals surface area contributed by atoms with E-state index in [1.54, 1.807) is 0 Å². The molecule has 0 radical (unpaired) electrons. The van der Waals surface area contributed by atoms with Crippen molar-refractivity contribution in [3.05, 3.63) is 35.2 Å². The molecule has 1 N–H and O–H groups in total. The molecule has 1 heterocycles. The molecule has 1 aromatic heterocycles. The van der Waals surface area contributed by atoms with E-state index in [1.165, 1.54) is 0 Å². The van der Waals surface area contributed by atoms with Gasteiger partial charge >= 0.3 is 0 Å². The van der Waals surface area contributed by atoms with Crippen molar-refractivity contribution >= 4 is 9.84 Å². The van der Waals surface area contributed by atoms with Crippen LogP contribution >= 0.6 is 0 Å². The van der Waals surface area contributed by atoms with Gasteiger partial charge < -0.3 is 9.63 Å². The third-order valence-electron chi connectivity index (χ3n) is 4.37. The molecule has 1 fully saturated rings. The zero-order valence-electron chi connectivity index (χ0n) is 13.1. The predicted molar refractivity (Wildman–Crippen MR) is 82.1 cm³/mol. The number of aliphatic hydroxyl groups excluding tert-OH is 1. The van der Waals surface area contributed by atoms with Gasteiger partial charge in [-0.25, -0.2) is 17.2 Å². The first-order chi connectivity index (χ1) is 11.3. The molecule has 0 saturated heterocycles. The minimum atomic E-state index is -3.89. The number of nitrogens with zero attached hydrogens (tertiary/aromatic N) is 1. The fraction of sp³-hybridized carbons (Fsp3) is 0.438. The zero-order chi connectivity index (χ0) is 17.5. The van der Waals surface area contributed by atoms with Gasteiger partial charge in [0, 0.05) is 17.7 Å². The highest BCUT2D eigenvalue weighted by atomic mass is 32.2. The van der Waals surface area contributed by atoms with Gasteiger partial charge in [-0.05, 0) is 25.0 Å². The van der Waals surface area contributed by atoms with E-state index in [-0.39, 0.29) is 22.8 Å². The second kappa shape index (κ2) is 6.25. The van der Waals surface area contributed by atoms with E-state index in [0.717, 1.165) is 38.0 Å². The number of aromatic nitrogens is 1. The Morgan fingerprint density at radius 1 is 1.25 bits per heavy atom. The summed E-state index contributed by atoms with van der Waals surface area (Å²) in [5, 5.41) is 13.4. The van der Waals surface area contributed by atoms with E-state index in [0.29, 0.717) is 11.8 Å². The smallest absolute Gasteiger partial charge is 0.178 e. The molecule has 130 valence electrons. The van der Waals surface area contributed by atoms with Gasteiger partial charge in [0.1, 0.15) is 23.1 Å². The number of halogens is 2. The summed E-state index contributed by atoms with van der Waals surface area (Å²) in [5.74, 6) is -1.84. The normalized spacial score (nSPS) is 16.0. The van der Waals surface area contributed by atoms with Gasteiger partial charge in [0.15, 0.2) is 15.6 Å². The largest absolute Gasteiger partial charge is 0.388 e. The van der Waals surface area contributed by atoms with Crippen LogP contribution in [0.5, 0.6) is 0 Å². The Bertz CT molecular complexity index is 870. The average molecular weight is 357 g/mol. The Hall–Kier alpha value is -1.80. The van der Waals surface area contributed by atoms with E-state index < -0.39 is 33.0 Å². The van der Waals surface area contributed by atoms with Crippen molar-refractivity contribution in [1.82, 2.24) is 5.16 Å². The average Bonchev–Trinajstić information content (AvgIpc) is 3.15. The number of aliphatic hydroxyl groups is 1. The Kier molecular flexibility index (Phi) is 4.44. The second-order valence-electron chi connectivity index (χ2n) is 6.04. The lowest BCUT2D eigenvalue weighted by atomic mass is 9.94. The van der Waals surface area contributed by atoms with E-state index in [4.69, 9.17) is 4.52 Å². The van der Waals surface area contributed by atoms with Crippen molar-refractivity contribution in [1.29, 1.82) is 0 Å². The van der Waals surface area contributed by atoms with Gasteiger partial charge in [-0.3, -0.25) is 0 Å². The molecule has 1 aliphatic rings. The highest BCUT2D eigenvalue weighted by Gasteiger charge is 2.29. The molecule has 0 atom stereocenters. The summed E-state index contributed by atoms with van der Waals surface area (Å²) in [6.45, 7) is -0.510. The number of rotatable bonds is 4. The molecule has 24 heavy (non-hydrogen) atoms. The highest BCUT2D eigenvalue weighted by molar-refractivity contribution is 7.90. The Morgan fingerprint density at radius 2 is 1.92 bits per heavy atom. The molecule has 0 amide bonds. The highest BCUT2D eigenvalue weighted by Crippen LogP contribution is 2.41. The number of hydrogen-bond donors (Lipinski definition) is 1.